The van der Waals surface area contributed by atoms with Crippen LogP contribution >= 0.6 is 11.6 Å². The minimum atomic E-state index is 0.317. The molecule has 0 aliphatic carbocycles. The van der Waals surface area contributed by atoms with Crippen LogP contribution in [0.3, 0.4) is 0 Å². The van der Waals surface area contributed by atoms with Gasteiger partial charge in [-0.2, -0.15) is 0 Å². The van der Waals surface area contributed by atoms with Crippen molar-refractivity contribution in [1.82, 2.24) is 5.32 Å². The second-order valence-electron chi connectivity index (χ2n) is 5.55. The quantitative estimate of drug-likeness (QED) is 0.785. The van der Waals surface area contributed by atoms with Gasteiger partial charge in [0, 0.05) is 17.6 Å². The summed E-state index contributed by atoms with van der Waals surface area (Å²) in [5, 5.41) is 4.32. The highest BCUT2D eigenvalue weighted by atomic mass is 35.5. The molecule has 1 nitrogen and oxygen atoms in total. The lowest BCUT2D eigenvalue weighted by atomic mass is 10.0. The molecule has 1 atom stereocenters. The van der Waals surface area contributed by atoms with Crippen molar-refractivity contribution in [2.24, 2.45) is 0 Å². The standard InChI is InChI=1S/C18H22ClN/c1-13(2)16-6-4-15(5-7-16)12-20-14(3)17-8-10-18(19)11-9-17/h4-11,13-14,20H,12H2,1-3H3/t14-/m0/s1. The lowest BCUT2D eigenvalue weighted by Crippen LogP contribution is -2.17. The summed E-state index contributed by atoms with van der Waals surface area (Å²) < 4.78 is 0. The van der Waals surface area contributed by atoms with Crippen LogP contribution in [0, 0.1) is 0 Å². The van der Waals surface area contributed by atoms with E-state index in [4.69, 9.17) is 11.6 Å². The molecule has 0 aliphatic rings. The summed E-state index contributed by atoms with van der Waals surface area (Å²) in [5.74, 6) is 0.588. The topological polar surface area (TPSA) is 12.0 Å². The molecule has 2 aromatic carbocycles. The monoisotopic (exact) mass is 287 g/mol. The lowest BCUT2D eigenvalue weighted by Gasteiger charge is -2.15. The Morgan fingerprint density at radius 2 is 1.40 bits per heavy atom. The van der Waals surface area contributed by atoms with Gasteiger partial charge in [0.15, 0.2) is 0 Å². The van der Waals surface area contributed by atoms with Crippen LogP contribution in [0.5, 0.6) is 0 Å². The van der Waals surface area contributed by atoms with E-state index in [0.717, 1.165) is 11.6 Å². The molecule has 106 valence electrons. The van der Waals surface area contributed by atoms with E-state index in [-0.39, 0.29) is 0 Å². The second-order valence-corrected chi connectivity index (χ2v) is 5.99. The predicted molar refractivity (Wildman–Crippen MR) is 87.2 cm³/mol. The maximum Gasteiger partial charge on any atom is 0.0406 e. The molecular weight excluding hydrogens is 266 g/mol. The third-order valence-corrected chi connectivity index (χ3v) is 3.88. The van der Waals surface area contributed by atoms with Gasteiger partial charge < -0.3 is 5.32 Å². The van der Waals surface area contributed by atoms with Gasteiger partial charge in [-0.25, -0.2) is 0 Å². The Kier molecular flexibility index (Phi) is 5.22. The summed E-state index contributed by atoms with van der Waals surface area (Å²) in [4.78, 5) is 0. The van der Waals surface area contributed by atoms with Crippen molar-refractivity contribution < 1.29 is 0 Å². The molecule has 0 aromatic heterocycles. The van der Waals surface area contributed by atoms with Crippen LogP contribution in [0.1, 0.15) is 49.4 Å². The summed E-state index contributed by atoms with van der Waals surface area (Å²) in [5.41, 5.74) is 3.96. The molecule has 0 bridgehead atoms. The van der Waals surface area contributed by atoms with Gasteiger partial charge >= 0.3 is 0 Å². The van der Waals surface area contributed by atoms with Crippen molar-refractivity contribution in [2.45, 2.75) is 39.3 Å². The fraction of sp³-hybridized carbons (Fsp3) is 0.333. The maximum atomic E-state index is 5.91. The normalized spacial score (nSPS) is 12.7. The highest BCUT2D eigenvalue weighted by Crippen LogP contribution is 2.18. The van der Waals surface area contributed by atoms with Crippen LogP contribution in [-0.4, -0.2) is 0 Å². The Morgan fingerprint density at radius 1 is 0.850 bits per heavy atom. The zero-order valence-corrected chi connectivity index (χ0v) is 13.1. The number of nitrogens with one attached hydrogen (secondary N) is 1. The van der Waals surface area contributed by atoms with Gasteiger partial charge in [-0.05, 0) is 41.7 Å². The van der Waals surface area contributed by atoms with Gasteiger partial charge in [-0.1, -0.05) is 61.8 Å². The fourth-order valence-corrected chi connectivity index (χ4v) is 2.29. The van der Waals surface area contributed by atoms with Crippen LogP contribution in [-0.2, 0) is 6.54 Å². The molecule has 0 saturated heterocycles. The third kappa shape index (κ3) is 4.09. The van der Waals surface area contributed by atoms with Crippen molar-refractivity contribution >= 4 is 11.6 Å². The van der Waals surface area contributed by atoms with E-state index in [0.29, 0.717) is 12.0 Å². The summed E-state index contributed by atoms with van der Waals surface area (Å²) in [6.45, 7) is 7.49. The Bertz CT molecular complexity index is 528. The smallest absolute Gasteiger partial charge is 0.0406 e. The van der Waals surface area contributed by atoms with Crippen LogP contribution in [0.2, 0.25) is 5.02 Å². The Balaban J connectivity index is 1.92. The highest BCUT2D eigenvalue weighted by molar-refractivity contribution is 6.30. The zero-order valence-electron chi connectivity index (χ0n) is 12.4. The lowest BCUT2D eigenvalue weighted by molar-refractivity contribution is 0.574. The van der Waals surface area contributed by atoms with Gasteiger partial charge in [0.1, 0.15) is 0 Å². The SMILES string of the molecule is CC(C)c1ccc(CN[C@@H](C)c2ccc(Cl)cc2)cc1. The number of benzene rings is 2. The first-order chi connectivity index (χ1) is 9.56. The van der Waals surface area contributed by atoms with Gasteiger partial charge in [0.05, 0.1) is 0 Å². The van der Waals surface area contributed by atoms with E-state index in [2.05, 4.69) is 62.5 Å². The molecule has 0 heterocycles. The highest BCUT2D eigenvalue weighted by Gasteiger charge is 2.05. The summed E-state index contributed by atoms with van der Waals surface area (Å²) in [6.07, 6.45) is 0. The van der Waals surface area contributed by atoms with Crippen molar-refractivity contribution in [3.8, 4) is 0 Å². The summed E-state index contributed by atoms with van der Waals surface area (Å²) in [7, 11) is 0. The molecule has 2 heteroatoms. The number of rotatable bonds is 5. The van der Waals surface area contributed by atoms with Gasteiger partial charge in [-0.3, -0.25) is 0 Å². The molecule has 0 radical (unpaired) electrons. The Hall–Kier alpha value is -1.31. The first-order valence-corrected chi connectivity index (χ1v) is 7.51. The molecule has 0 fully saturated rings. The average molecular weight is 288 g/mol. The van der Waals surface area contributed by atoms with E-state index in [1.165, 1.54) is 16.7 Å². The van der Waals surface area contributed by atoms with E-state index in [1.807, 2.05) is 12.1 Å². The summed E-state index contributed by atoms with van der Waals surface area (Å²) >= 11 is 5.91. The molecule has 0 spiro atoms. The number of hydrogen-bond donors (Lipinski definition) is 1. The van der Waals surface area contributed by atoms with Crippen LogP contribution < -0.4 is 5.32 Å². The van der Waals surface area contributed by atoms with E-state index < -0.39 is 0 Å². The van der Waals surface area contributed by atoms with Gasteiger partial charge in [0.2, 0.25) is 0 Å². The fourth-order valence-electron chi connectivity index (χ4n) is 2.16. The molecule has 2 aromatic rings. The molecule has 0 unspecified atom stereocenters. The first-order valence-electron chi connectivity index (χ1n) is 7.14. The number of hydrogen-bond acceptors (Lipinski definition) is 1. The van der Waals surface area contributed by atoms with Crippen LogP contribution in [0.4, 0.5) is 0 Å². The molecule has 0 aliphatic heterocycles. The van der Waals surface area contributed by atoms with Crippen LogP contribution in [0.15, 0.2) is 48.5 Å². The Labute approximate surface area is 127 Å². The molecular formula is C18H22ClN. The number of halogens is 1. The van der Waals surface area contributed by atoms with Gasteiger partial charge in [0.25, 0.3) is 0 Å². The molecule has 0 saturated carbocycles. The molecule has 1 N–H and O–H groups in total. The van der Waals surface area contributed by atoms with Crippen molar-refractivity contribution in [1.29, 1.82) is 0 Å². The minimum absolute atomic E-state index is 0.317. The molecule has 20 heavy (non-hydrogen) atoms. The molecule has 2 rings (SSSR count). The third-order valence-electron chi connectivity index (χ3n) is 3.63. The summed E-state index contributed by atoms with van der Waals surface area (Å²) in [6, 6.07) is 17.2. The van der Waals surface area contributed by atoms with Gasteiger partial charge in [-0.15, -0.1) is 0 Å². The Morgan fingerprint density at radius 3 is 1.95 bits per heavy atom. The van der Waals surface area contributed by atoms with Crippen molar-refractivity contribution in [3.63, 3.8) is 0 Å². The van der Waals surface area contributed by atoms with Crippen molar-refractivity contribution in [2.75, 3.05) is 0 Å². The second kappa shape index (κ2) is 6.92. The van der Waals surface area contributed by atoms with E-state index >= 15 is 0 Å². The maximum absolute atomic E-state index is 5.91. The zero-order chi connectivity index (χ0) is 14.5. The van der Waals surface area contributed by atoms with Crippen LogP contribution in [0.25, 0.3) is 0 Å². The van der Waals surface area contributed by atoms with Crippen molar-refractivity contribution in [3.05, 3.63) is 70.2 Å². The first kappa shape index (κ1) is 15.1. The largest absolute Gasteiger partial charge is 0.306 e. The minimum Gasteiger partial charge on any atom is -0.306 e. The molecule has 0 amide bonds. The van der Waals surface area contributed by atoms with E-state index in [9.17, 15) is 0 Å². The van der Waals surface area contributed by atoms with E-state index in [1.54, 1.807) is 0 Å². The predicted octanol–water partition coefficient (Wildman–Crippen LogP) is 5.31. The average Bonchev–Trinajstić information content (AvgIpc) is 2.46.